The minimum absolute atomic E-state index is 0.0199. The molecule has 10 heteroatoms. The molecular weight excluding hydrogens is 396 g/mol. The van der Waals surface area contributed by atoms with Gasteiger partial charge in [0.15, 0.2) is 0 Å². The topological polar surface area (TPSA) is 127 Å². The number of aromatic nitrogens is 3. The molecular formula is C19H14N4O5S. The van der Waals surface area contributed by atoms with E-state index in [0.29, 0.717) is 10.6 Å². The number of amides is 1. The van der Waals surface area contributed by atoms with Crippen molar-refractivity contribution in [1.29, 1.82) is 0 Å². The molecule has 29 heavy (non-hydrogen) atoms. The van der Waals surface area contributed by atoms with Crippen molar-refractivity contribution < 1.29 is 18.7 Å². The number of thiazole rings is 1. The summed E-state index contributed by atoms with van der Waals surface area (Å²) in [7, 11) is 1.26. The number of methoxy groups -OCH3 is 1. The van der Waals surface area contributed by atoms with Crippen molar-refractivity contribution in [2.24, 2.45) is 0 Å². The summed E-state index contributed by atoms with van der Waals surface area (Å²) in [6.45, 7) is 1.59. The van der Waals surface area contributed by atoms with E-state index in [4.69, 9.17) is 9.15 Å². The molecule has 4 rings (SSSR count). The molecule has 9 nitrogen and oxygen atoms in total. The third-order valence-electron chi connectivity index (χ3n) is 4.12. The first-order chi connectivity index (χ1) is 14.0. The number of fused-ring (bicyclic) bond motifs is 1. The van der Waals surface area contributed by atoms with Crippen LogP contribution in [-0.4, -0.2) is 34.2 Å². The SMILES string of the molecule is COC(=O)c1c(C)oc(NC(=O)c2ccc(=O)[nH]n2)c1-c1nc2ccccc2s1. The number of carbonyl (C=O) groups is 2. The number of ether oxygens (including phenoxy) is 1. The number of carbonyl (C=O) groups excluding carboxylic acids is 2. The van der Waals surface area contributed by atoms with Gasteiger partial charge in [-0.15, -0.1) is 11.3 Å². The fourth-order valence-electron chi connectivity index (χ4n) is 2.80. The zero-order valence-electron chi connectivity index (χ0n) is 15.3. The molecule has 4 aromatic rings. The van der Waals surface area contributed by atoms with E-state index >= 15 is 0 Å². The predicted octanol–water partition coefficient (Wildman–Crippen LogP) is 2.99. The Balaban J connectivity index is 1.83. The van der Waals surface area contributed by atoms with Crippen LogP contribution in [0.2, 0.25) is 0 Å². The molecule has 3 heterocycles. The van der Waals surface area contributed by atoms with E-state index < -0.39 is 17.4 Å². The summed E-state index contributed by atoms with van der Waals surface area (Å²) in [5.41, 5.74) is 0.804. The van der Waals surface area contributed by atoms with Crippen molar-refractivity contribution in [3.05, 3.63) is 63.8 Å². The molecule has 0 radical (unpaired) electrons. The number of esters is 1. The molecule has 0 atom stereocenters. The van der Waals surface area contributed by atoms with Gasteiger partial charge in [0, 0.05) is 6.07 Å². The lowest BCUT2D eigenvalue weighted by molar-refractivity contribution is 0.0599. The van der Waals surface area contributed by atoms with Crippen LogP contribution >= 0.6 is 11.3 Å². The van der Waals surface area contributed by atoms with Gasteiger partial charge in [-0.2, -0.15) is 5.10 Å². The van der Waals surface area contributed by atoms with Crippen molar-refractivity contribution in [3.63, 3.8) is 0 Å². The van der Waals surface area contributed by atoms with Crippen LogP contribution in [-0.2, 0) is 4.74 Å². The van der Waals surface area contributed by atoms with Crippen molar-refractivity contribution >= 4 is 39.3 Å². The lowest BCUT2D eigenvalue weighted by atomic mass is 10.1. The van der Waals surface area contributed by atoms with Gasteiger partial charge in [-0.05, 0) is 25.1 Å². The Hall–Kier alpha value is -3.79. The van der Waals surface area contributed by atoms with Crippen molar-refractivity contribution in [3.8, 4) is 10.6 Å². The van der Waals surface area contributed by atoms with E-state index in [9.17, 15) is 14.4 Å². The highest BCUT2D eigenvalue weighted by molar-refractivity contribution is 7.21. The largest absolute Gasteiger partial charge is 0.465 e. The molecule has 0 aliphatic carbocycles. The molecule has 2 N–H and O–H groups in total. The number of benzene rings is 1. The fraction of sp³-hybridized carbons (Fsp3) is 0.105. The van der Waals surface area contributed by atoms with E-state index in [1.165, 1.54) is 30.6 Å². The second-order valence-electron chi connectivity index (χ2n) is 5.98. The summed E-state index contributed by atoms with van der Waals surface area (Å²) in [6, 6.07) is 9.97. The summed E-state index contributed by atoms with van der Waals surface area (Å²) in [5.74, 6) is -0.910. The van der Waals surface area contributed by atoms with Crippen molar-refractivity contribution in [1.82, 2.24) is 15.2 Å². The molecule has 146 valence electrons. The smallest absolute Gasteiger partial charge is 0.342 e. The maximum atomic E-state index is 12.6. The average molecular weight is 410 g/mol. The van der Waals surface area contributed by atoms with E-state index in [1.54, 1.807) is 6.92 Å². The molecule has 0 aliphatic rings. The second kappa shape index (κ2) is 7.32. The van der Waals surface area contributed by atoms with Crippen LogP contribution in [0.25, 0.3) is 20.8 Å². The summed E-state index contributed by atoms with van der Waals surface area (Å²) in [5, 5.41) is 8.98. The molecule has 0 aliphatic heterocycles. The molecule has 3 aromatic heterocycles. The zero-order chi connectivity index (χ0) is 20.5. The number of para-hydroxylation sites is 1. The molecule has 0 fully saturated rings. The summed E-state index contributed by atoms with van der Waals surface area (Å²) in [4.78, 5) is 40.7. The van der Waals surface area contributed by atoms with E-state index in [2.05, 4.69) is 20.5 Å². The average Bonchev–Trinajstić information content (AvgIpc) is 3.28. The molecule has 0 saturated heterocycles. The van der Waals surface area contributed by atoms with Gasteiger partial charge in [-0.25, -0.2) is 14.9 Å². The number of H-pyrrole nitrogens is 1. The number of hydrogen-bond donors (Lipinski definition) is 2. The second-order valence-corrected chi connectivity index (χ2v) is 7.01. The number of aromatic amines is 1. The highest BCUT2D eigenvalue weighted by Crippen LogP contribution is 2.40. The Kier molecular flexibility index (Phi) is 4.69. The van der Waals surface area contributed by atoms with Crippen LogP contribution in [0.1, 0.15) is 26.6 Å². The third kappa shape index (κ3) is 3.41. The van der Waals surface area contributed by atoms with Crippen LogP contribution in [0.5, 0.6) is 0 Å². The van der Waals surface area contributed by atoms with Gasteiger partial charge in [0.05, 0.1) is 22.9 Å². The minimum atomic E-state index is -0.617. The van der Waals surface area contributed by atoms with Crippen LogP contribution in [0.4, 0.5) is 5.88 Å². The summed E-state index contributed by atoms with van der Waals surface area (Å²) in [6.07, 6.45) is 0. The lowest BCUT2D eigenvalue weighted by Crippen LogP contribution is -2.17. The number of nitrogens with one attached hydrogen (secondary N) is 2. The Morgan fingerprint density at radius 2 is 2.00 bits per heavy atom. The van der Waals surface area contributed by atoms with Gasteiger partial charge in [0.1, 0.15) is 22.0 Å². The summed E-state index contributed by atoms with van der Waals surface area (Å²) >= 11 is 1.35. The Labute approximate surface area is 167 Å². The van der Waals surface area contributed by atoms with Gasteiger partial charge < -0.3 is 9.15 Å². The number of hydrogen-bond acceptors (Lipinski definition) is 8. The maximum Gasteiger partial charge on any atom is 0.342 e. The molecule has 0 saturated carbocycles. The minimum Gasteiger partial charge on any atom is -0.465 e. The van der Waals surface area contributed by atoms with Crippen molar-refractivity contribution in [2.45, 2.75) is 6.92 Å². The van der Waals surface area contributed by atoms with Gasteiger partial charge >= 0.3 is 5.97 Å². The predicted molar refractivity (Wildman–Crippen MR) is 106 cm³/mol. The maximum absolute atomic E-state index is 12.6. The van der Waals surface area contributed by atoms with Crippen molar-refractivity contribution in [2.75, 3.05) is 12.4 Å². The quantitative estimate of drug-likeness (QED) is 0.495. The van der Waals surface area contributed by atoms with Crippen LogP contribution < -0.4 is 10.9 Å². The number of anilines is 1. The molecule has 1 amide bonds. The zero-order valence-corrected chi connectivity index (χ0v) is 16.1. The van der Waals surface area contributed by atoms with E-state index in [-0.39, 0.29) is 22.9 Å². The first kappa shape index (κ1) is 18.6. The summed E-state index contributed by atoms with van der Waals surface area (Å²) < 4.78 is 11.5. The third-order valence-corrected chi connectivity index (χ3v) is 5.17. The van der Waals surface area contributed by atoms with Gasteiger partial charge in [-0.3, -0.25) is 14.9 Å². The highest BCUT2D eigenvalue weighted by Gasteiger charge is 2.29. The highest BCUT2D eigenvalue weighted by atomic mass is 32.1. The monoisotopic (exact) mass is 410 g/mol. The molecule has 0 bridgehead atoms. The van der Waals surface area contributed by atoms with Gasteiger partial charge in [0.25, 0.3) is 11.5 Å². The molecule has 1 aromatic carbocycles. The number of furan rings is 1. The number of aryl methyl sites for hydroxylation is 1. The Bertz CT molecular complexity index is 1250. The van der Waals surface area contributed by atoms with E-state index in [0.717, 1.165) is 10.2 Å². The Morgan fingerprint density at radius 1 is 1.21 bits per heavy atom. The standard InChI is InChI=1S/C19H14N4O5S/c1-9-14(19(26)27-2)15(18-20-10-5-3-4-6-12(10)29-18)17(28-9)21-16(25)11-7-8-13(24)23-22-11/h3-8H,1-2H3,(H,21,25)(H,23,24). The first-order valence-corrected chi connectivity index (χ1v) is 9.24. The van der Waals surface area contributed by atoms with Crippen LogP contribution in [0.3, 0.4) is 0 Å². The first-order valence-electron chi connectivity index (χ1n) is 8.42. The Morgan fingerprint density at radius 3 is 2.69 bits per heavy atom. The number of rotatable bonds is 4. The molecule has 0 unspecified atom stereocenters. The lowest BCUT2D eigenvalue weighted by Gasteiger charge is -2.04. The van der Waals surface area contributed by atoms with Gasteiger partial charge in [0.2, 0.25) is 5.88 Å². The fourth-order valence-corrected chi connectivity index (χ4v) is 3.82. The van der Waals surface area contributed by atoms with Gasteiger partial charge in [-0.1, -0.05) is 12.1 Å². The molecule has 0 spiro atoms. The van der Waals surface area contributed by atoms with Crippen LogP contribution in [0, 0.1) is 6.92 Å². The number of nitrogens with zero attached hydrogens (tertiary/aromatic N) is 2. The normalized spacial score (nSPS) is 10.8. The van der Waals surface area contributed by atoms with Crippen LogP contribution in [0.15, 0.2) is 45.6 Å². The van der Waals surface area contributed by atoms with E-state index in [1.807, 2.05) is 24.3 Å².